The van der Waals surface area contributed by atoms with Gasteiger partial charge in [-0.05, 0) is 36.5 Å². The van der Waals surface area contributed by atoms with Crippen LogP contribution in [0.15, 0.2) is 0 Å². The van der Waals surface area contributed by atoms with E-state index >= 15 is 0 Å². The molecule has 0 N–H and O–H groups in total. The molecule has 0 spiro atoms. The first-order valence-electron chi connectivity index (χ1n) is 14.7. The van der Waals surface area contributed by atoms with Gasteiger partial charge in [0.15, 0.2) is 0 Å². The van der Waals surface area contributed by atoms with Gasteiger partial charge in [-0.3, -0.25) is 0 Å². The first kappa shape index (κ1) is 30.0. The Bertz CT molecular complexity index is 288. The van der Waals surface area contributed by atoms with Crippen LogP contribution >= 0.6 is 0 Å². The minimum absolute atomic E-state index is 1.00. The fourth-order valence-corrected chi connectivity index (χ4v) is 5.87. The minimum atomic E-state index is 1.00. The van der Waals surface area contributed by atoms with Crippen LogP contribution in [0.3, 0.4) is 0 Å². The van der Waals surface area contributed by atoms with E-state index in [9.17, 15) is 0 Å². The third-order valence-electron chi connectivity index (χ3n) is 7.76. The molecule has 4 atom stereocenters. The van der Waals surface area contributed by atoms with Gasteiger partial charge in [-0.1, -0.05) is 157 Å². The molecule has 0 aliphatic carbocycles. The summed E-state index contributed by atoms with van der Waals surface area (Å²) in [6.07, 6.45) is 29.0. The van der Waals surface area contributed by atoms with Crippen molar-refractivity contribution in [3.05, 3.63) is 0 Å². The van der Waals surface area contributed by atoms with Crippen LogP contribution in [0.1, 0.15) is 170 Å². The first-order valence-corrected chi connectivity index (χ1v) is 14.7. The lowest BCUT2D eigenvalue weighted by Gasteiger charge is -2.40. The van der Waals surface area contributed by atoms with Crippen LogP contribution in [0.25, 0.3) is 0 Å². The molecule has 0 rings (SSSR count). The van der Waals surface area contributed by atoms with Crippen LogP contribution in [0.5, 0.6) is 0 Å². The summed E-state index contributed by atoms with van der Waals surface area (Å²) in [7, 11) is 0. The van der Waals surface area contributed by atoms with Crippen molar-refractivity contribution in [3.8, 4) is 0 Å². The quantitative estimate of drug-likeness (QED) is 0.144. The van der Waals surface area contributed by atoms with E-state index in [0.29, 0.717) is 0 Å². The molecular weight excluding hydrogens is 360 g/mol. The second-order valence-corrected chi connectivity index (χ2v) is 10.4. The van der Waals surface area contributed by atoms with Gasteiger partial charge >= 0.3 is 0 Å². The number of hydrogen-bond donors (Lipinski definition) is 0. The number of rotatable bonds is 23. The Hall–Kier alpha value is 0. The fourth-order valence-electron chi connectivity index (χ4n) is 5.87. The van der Waals surface area contributed by atoms with Gasteiger partial charge in [0, 0.05) is 0 Å². The van der Waals surface area contributed by atoms with Gasteiger partial charge in [0.2, 0.25) is 0 Å². The van der Waals surface area contributed by atoms with Crippen molar-refractivity contribution >= 4 is 0 Å². The third-order valence-corrected chi connectivity index (χ3v) is 7.76. The van der Waals surface area contributed by atoms with Crippen molar-refractivity contribution in [3.63, 3.8) is 0 Å². The molecule has 0 nitrogen and oxygen atoms in total. The lowest BCUT2D eigenvalue weighted by molar-refractivity contribution is 0.105. The number of hydrogen-bond acceptors (Lipinski definition) is 0. The zero-order valence-electron chi connectivity index (χ0n) is 22.5. The second-order valence-electron chi connectivity index (χ2n) is 10.4. The van der Waals surface area contributed by atoms with E-state index in [4.69, 9.17) is 0 Å². The zero-order chi connectivity index (χ0) is 22.5. The summed E-state index contributed by atoms with van der Waals surface area (Å²) >= 11 is 0. The summed E-state index contributed by atoms with van der Waals surface area (Å²) in [4.78, 5) is 0. The predicted molar refractivity (Wildman–Crippen MR) is 140 cm³/mol. The number of unbranched alkanes of at least 4 members (excludes halogenated alkanes) is 8. The van der Waals surface area contributed by atoms with Crippen LogP contribution in [0, 0.1) is 23.7 Å². The highest BCUT2D eigenvalue weighted by Crippen LogP contribution is 2.43. The van der Waals surface area contributed by atoms with E-state index < -0.39 is 0 Å². The summed E-state index contributed by atoms with van der Waals surface area (Å²) in [6, 6.07) is 0. The largest absolute Gasteiger partial charge is 0.0654 e. The van der Waals surface area contributed by atoms with Crippen molar-refractivity contribution in [1.29, 1.82) is 0 Å². The smallest absolute Gasteiger partial charge is 0.0355 e. The van der Waals surface area contributed by atoms with Crippen LogP contribution in [0.4, 0.5) is 0 Å². The maximum Gasteiger partial charge on any atom is -0.0355 e. The molecule has 0 heteroatoms. The summed E-state index contributed by atoms with van der Waals surface area (Å²) in [5.74, 6) is 4.01. The molecule has 0 aromatic carbocycles. The first-order chi connectivity index (χ1) is 14.7. The summed E-state index contributed by atoms with van der Waals surface area (Å²) in [5.41, 5.74) is 0. The Balaban J connectivity index is 5.63. The van der Waals surface area contributed by atoms with Crippen molar-refractivity contribution in [2.75, 3.05) is 0 Å². The molecule has 182 valence electrons. The Kier molecular flexibility index (Phi) is 22.2. The summed E-state index contributed by atoms with van der Waals surface area (Å²) in [6.45, 7) is 14.3. The maximum atomic E-state index is 2.41. The molecule has 0 saturated heterocycles. The van der Waals surface area contributed by atoms with E-state index in [1.54, 1.807) is 0 Å². The van der Waals surface area contributed by atoms with Gasteiger partial charge in [-0.15, -0.1) is 0 Å². The minimum Gasteiger partial charge on any atom is -0.0654 e. The van der Waals surface area contributed by atoms with Crippen molar-refractivity contribution in [1.82, 2.24) is 0 Å². The van der Waals surface area contributed by atoms with Crippen LogP contribution in [0.2, 0.25) is 0 Å². The van der Waals surface area contributed by atoms with Gasteiger partial charge in [0.05, 0.1) is 0 Å². The van der Waals surface area contributed by atoms with Gasteiger partial charge in [-0.25, -0.2) is 0 Å². The third kappa shape index (κ3) is 14.1. The van der Waals surface area contributed by atoms with Crippen LogP contribution in [-0.2, 0) is 0 Å². The monoisotopic (exact) mass is 422 g/mol. The van der Waals surface area contributed by atoms with E-state index in [2.05, 4.69) is 41.5 Å². The molecule has 0 amide bonds. The Morgan fingerprint density at radius 1 is 0.300 bits per heavy atom. The highest BCUT2D eigenvalue weighted by Gasteiger charge is 2.33. The highest BCUT2D eigenvalue weighted by molar-refractivity contribution is 4.83. The summed E-state index contributed by atoms with van der Waals surface area (Å²) in [5, 5.41) is 0. The van der Waals surface area contributed by atoms with Crippen molar-refractivity contribution < 1.29 is 0 Å². The van der Waals surface area contributed by atoms with Crippen LogP contribution < -0.4 is 0 Å². The van der Waals surface area contributed by atoms with E-state index in [1.165, 1.54) is 128 Å². The molecule has 0 aromatic rings. The van der Waals surface area contributed by atoms with Gasteiger partial charge in [0.25, 0.3) is 0 Å². The molecular formula is C30H62. The van der Waals surface area contributed by atoms with E-state index in [1.807, 2.05) is 0 Å². The normalized spacial score (nSPS) is 15.8. The Labute approximate surface area is 193 Å². The SMILES string of the molecule is CCCCCC(CCCC)C(CCCC)C(CCCC)C(CCCC)CCCCC. The summed E-state index contributed by atoms with van der Waals surface area (Å²) < 4.78 is 0. The Morgan fingerprint density at radius 3 is 0.867 bits per heavy atom. The van der Waals surface area contributed by atoms with Crippen molar-refractivity contribution in [2.24, 2.45) is 23.7 Å². The molecule has 0 bridgehead atoms. The molecule has 0 aromatic heterocycles. The molecule has 0 saturated carbocycles. The lowest BCUT2D eigenvalue weighted by atomic mass is 9.66. The van der Waals surface area contributed by atoms with Gasteiger partial charge in [0.1, 0.15) is 0 Å². The molecule has 4 unspecified atom stereocenters. The van der Waals surface area contributed by atoms with Gasteiger partial charge in [-0.2, -0.15) is 0 Å². The fraction of sp³-hybridized carbons (Fsp3) is 1.00. The lowest BCUT2D eigenvalue weighted by Crippen LogP contribution is -2.30. The molecule has 30 heavy (non-hydrogen) atoms. The molecule has 0 radical (unpaired) electrons. The van der Waals surface area contributed by atoms with E-state index in [0.717, 1.165) is 23.7 Å². The maximum absolute atomic E-state index is 2.41. The molecule has 0 aliphatic rings. The second kappa shape index (κ2) is 22.2. The standard InChI is InChI=1S/C30H62/c1-7-13-19-23-27(21-15-9-3)29(25-17-11-5)30(26-18-12-6)28(22-16-10-4)24-20-14-8-2/h27-30H,7-26H2,1-6H3. The van der Waals surface area contributed by atoms with Crippen LogP contribution in [-0.4, -0.2) is 0 Å². The Morgan fingerprint density at radius 2 is 0.567 bits per heavy atom. The average Bonchev–Trinajstić information content (AvgIpc) is 2.76. The van der Waals surface area contributed by atoms with E-state index in [-0.39, 0.29) is 0 Å². The van der Waals surface area contributed by atoms with Gasteiger partial charge < -0.3 is 0 Å². The zero-order valence-corrected chi connectivity index (χ0v) is 22.5. The van der Waals surface area contributed by atoms with Crippen molar-refractivity contribution in [2.45, 2.75) is 170 Å². The average molecular weight is 423 g/mol. The highest BCUT2D eigenvalue weighted by atomic mass is 14.4. The molecule has 0 aliphatic heterocycles. The molecule has 0 fully saturated rings. The predicted octanol–water partition coefficient (Wildman–Crippen LogP) is 11.4. The molecule has 0 heterocycles. The topological polar surface area (TPSA) is 0 Å².